The van der Waals surface area contributed by atoms with Crippen LogP contribution in [-0.4, -0.2) is 39.9 Å². The van der Waals surface area contributed by atoms with Gasteiger partial charge in [0.25, 0.3) is 0 Å². The molecule has 1 N–H and O–H groups in total. The Balaban J connectivity index is 2.04. The lowest BCUT2D eigenvalue weighted by Gasteiger charge is -2.37. The van der Waals surface area contributed by atoms with Crippen molar-refractivity contribution in [2.24, 2.45) is 0 Å². The molecule has 0 aromatic carbocycles. The lowest BCUT2D eigenvalue weighted by Crippen LogP contribution is -2.48. The molecule has 1 fully saturated rings. The zero-order chi connectivity index (χ0) is 14.8. The number of halogens is 3. The molecule has 1 aliphatic heterocycles. The fraction of sp³-hybridized carbons (Fsp3) is 0.583. The predicted octanol–water partition coefficient (Wildman–Crippen LogP) is 1.92. The van der Waals surface area contributed by atoms with Crippen LogP contribution >= 0.6 is 0 Å². The Morgan fingerprint density at radius 2 is 2.15 bits per heavy atom. The van der Waals surface area contributed by atoms with Crippen molar-refractivity contribution in [3.05, 3.63) is 18.1 Å². The van der Waals surface area contributed by atoms with Crippen molar-refractivity contribution in [3.8, 4) is 0 Å². The van der Waals surface area contributed by atoms with E-state index in [1.165, 1.54) is 0 Å². The lowest BCUT2D eigenvalue weighted by molar-refractivity contribution is -0.141. The Hall–Kier alpha value is -1.86. The third-order valence-corrected chi connectivity index (χ3v) is 3.45. The number of aromatic nitrogens is 2. The van der Waals surface area contributed by atoms with Gasteiger partial charge < -0.3 is 10.2 Å². The minimum absolute atomic E-state index is 0.0367. The minimum Gasteiger partial charge on any atom is -0.364 e. The first kappa shape index (κ1) is 14.5. The Labute approximate surface area is 114 Å². The molecule has 0 radical (unpaired) electrons. The van der Waals surface area contributed by atoms with Gasteiger partial charge in [0.2, 0.25) is 6.41 Å². The van der Waals surface area contributed by atoms with Crippen LogP contribution in [-0.2, 0) is 11.0 Å². The van der Waals surface area contributed by atoms with E-state index in [2.05, 4.69) is 15.3 Å². The fourth-order valence-corrected chi connectivity index (χ4v) is 2.25. The van der Waals surface area contributed by atoms with Crippen LogP contribution in [0.3, 0.4) is 0 Å². The molecule has 1 aromatic rings. The summed E-state index contributed by atoms with van der Waals surface area (Å²) in [5.74, 6) is 0.280. The van der Waals surface area contributed by atoms with E-state index in [0.29, 0.717) is 12.7 Å². The number of nitrogens with zero attached hydrogens (tertiary/aromatic N) is 3. The van der Waals surface area contributed by atoms with Crippen LogP contribution in [0.25, 0.3) is 0 Å². The first-order valence-corrected chi connectivity index (χ1v) is 6.28. The number of hydrogen-bond acceptors (Lipinski definition) is 4. The molecule has 1 amide bonds. The molecule has 1 saturated heterocycles. The summed E-state index contributed by atoms with van der Waals surface area (Å²) in [6, 6.07) is -0.0784. The van der Waals surface area contributed by atoms with Gasteiger partial charge in [-0.1, -0.05) is 0 Å². The molecule has 2 heterocycles. The maximum absolute atomic E-state index is 12.4. The average Bonchev–Trinajstić information content (AvgIpc) is 2.41. The van der Waals surface area contributed by atoms with Gasteiger partial charge >= 0.3 is 6.18 Å². The Morgan fingerprint density at radius 1 is 1.40 bits per heavy atom. The second kappa shape index (κ2) is 5.64. The molecule has 0 bridgehead atoms. The second-order valence-electron chi connectivity index (χ2n) is 4.76. The first-order chi connectivity index (χ1) is 9.41. The van der Waals surface area contributed by atoms with Gasteiger partial charge in [0.1, 0.15) is 5.82 Å². The highest BCUT2D eigenvalue weighted by Gasteiger charge is 2.33. The third-order valence-electron chi connectivity index (χ3n) is 3.45. The molecule has 5 nitrogen and oxygen atoms in total. The summed E-state index contributed by atoms with van der Waals surface area (Å²) < 4.78 is 37.1. The summed E-state index contributed by atoms with van der Waals surface area (Å²) in [7, 11) is 0. The Morgan fingerprint density at radius 3 is 2.70 bits per heavy atom. The van der Waals surface area contributed by atoms with Crippen LogP contribution in [0.15, 0.2) is 12.4 Å². The Bertz CT molecular complexity index is 463. The molecule has 1 aromatic heterocycles. The predicted molar refractivity (Wildman–Crippen MR) is 65.9 cm³/mol. The summed E-state index contributed by atoms with van der Waals surface area (Å²) in [5.41, 5.74) is -1.02. The smallest absolute Gasteiger partial charge is 0.364 e. The van der Waals surface area contributed by atoms with Crippen molar-refractivity contribution in [1.82, 2.24) is 14.9 Å². The molecular formula is C12H15F3N4O. The highest BCUT2D eigenvalue weighted by Crippen LogP contribution is 2.27. The largest absolute Gasteiger partial charge is 0.434 e. The zero-order valence-electron chi connectivity index (χ0n) is 10.9. The average molecular weight is 288 g/mol. The van der Waals surface area contributed by atoms with E-state index in [1.54, 1.807) is 4.90 Å². The van der Waals surface area contributed by atoms with E-state index < -0.39 is 11.9 Å². The summed E-state index contributed by atoms with van der Waals surface area (Å²) in [6.07, 6.45) is -0.263. The van der Waals surface area contributed by atoms with Crippen molar-refractivity contribution < 1.29 is 18.0 Å². The van der Waals surface area contributed by atoms with Gasteiger partial charge in [-0.05, 0) is 19.8 Å². The number of alkyl halides is 3. The maximum atomic E-state index is 12.4. The monoisotopic (exact) mass is 288 g/mol. The number of nitrogens with one attached hydrogen (secondary N) is 1. The summed E-state index contributed by atoms with van der Waals surface area (Å²) in [6.45, 7) is 2.59. The van der Waals surface area contributed by atoms with Gasteiger partial charge in [-0.25, -0.2) is 9.97 Å². The molecule has 2 rings (SSSR count). The highest BCUT2D eigenvalue weighted by molar-refractivity contribution is 5.48. The maximum Gasteiger partial charge on any atom is 0.434 e. The SMILES string of the molecule is C[C@H]1[C@H](Nc2cnc(C(F)(F)F)cn2)CCCN1C=O. The van der Waals surface area contributed by atoms with Gasteiger partial charge in [-0.15, -0.1) is 0 Å². The molecule has 1 aliphatic rings. The van der Waals surface area contributed by atoms with Gasteiger partial charge in [-0.2, -0.15) is 13.2 Å². The third kappa shape index (κ3) is 3.17. The standard InChI is InChI=1S/C12H15F3N4O/c1-8-9(3-2-4-19(8)7-20)18-11-6-16-10(5-17-11)12(13,14)15/h5-9H,2-4H2,1H3,(H,17,18)/t8-,9+/m0/s1. The van der Waals surface area contributed by atoms with Gasteiger partial charge in [0.15, 0.2) is 5.69 Å². The number of hydrogen-bond donors (Lipinski definition) is 1. The van der Waals surface area contributed by atoms with Crippen LogP contribution in [0, 0.1) is 0 Å². The zero-order valence-corrected chi connectivity index (χ0v) is 10.9. The number of carbonyl (C=O) groups excluding carboxylic acids is 1. The van der Waals surface area contributed by atoms with Crippen LogP contribution in [0.5, 0.6) is 0 Å². The molecular weight excluding hydrogens is 273 g/mol. The lowest BCUT2D eigenvalue weighted by atomic mass is 9.98. The van der Waals surface area contributed by atoms with E-state index in [9.17, 15) is 18.0 Å². The minimum atomic E-state index is -4.49. The van der Waals surface area contributed by atoms with Crippen LogP contribution in [0.2, 0.25) is 0 Å². The first-order valence-electron chi connectivity index (χ1n) is 6.28. The van der Waals surface area contributed by atoms with E-state index in [-0.39, 0.29) is 17.9 Å². The van der Waals surface area contributed by atoms with E-state index >= 15 is 0 Å². The molecule has 20 heavy (non-hydrogen) atoms. The Kier molecular flexibility index (Phi) is 4.10. The summed E-state index contributed by atoms with van der Waals surface area (Å²) >= 11 is 0. The van der Waals surface area contributed by atoms with Crippen molar-refractivity contribution in [3.63, 3.8) is 0 Å². The normalized spacial score (nSPS) is 23.5. The fourth-order valence-electron chi connectivity index (χ4n) is 2.25. The molecule has 0 aliphatic carbocycles. The van der Waals surface area contributed by atoms with Gasteiger partial charge in [-0.3, -0.25) is 4.79 Å². The van der Waals surface area contributed by atoms with E-state index in [1.807, 2.05) is 6.92 Å². The van der Waals surface area contributed by atoms with Crippen LogP contribution in [0.1, 0.15) is 25.5 Å². The molecule has 110 valence electrons. The molecule has 0 unspecified atom stereocenters. The number of carbonyl (C=O) groups is 1. The van der Waals surface area contributed by atoms with Crippen molar-refractivity contribution in [2.45, 2.75) is 38.0 Å². The van der Waals surface area contributed by atoms with Gasteiger partial charge in [0, 0.05) is 18.6 Å². The van der Waals surface area contributed by atoms with E-state index in [0.717, 1.165) is 25.4 Å². The number of amides is 1. The quantitative estimate of drug-likeness (QED) is 0.863. The summed E-state index contributed by atoms with van der Waals surface area (Å²) in [5, 5.41) is 3.03. The van der Waals surface area contributed by atoms with Crippen molar-refractivity contribution in [1.29, 1.82) is 0 Å². The molecule has 2 atom stereocenters. The van der Waals surface area contributed by atoms with Crippen molar-refractivity contribution in [2.75, 3.05) is 11.9 Å². The second-order valence-corrected chi connectivity index (χ2v) is 4.76. The molecule has 8 heteroatoms. The van der Waals surface area contributed by atoms with Crippen LogP contribution in [0.4, 0.5) is 19.0 Å². The van der Waals surface area contributed by atoms with Crippen LogP contribution < -0.4 is 5.32 Å². The number of anilines is 1. The van der Waals surface area contributed by atoms with E-state index in [4.69, 9.17) is 0 Å². The topological polar surface area (TPSA) is 58.1 Å². The number of rotatable bonds is 3. The number of likely N-dealkylation sites (tertiary alicyclic amines) is 1. The number of piperidine rings is 1. The molecule has 0 saturated carbocycles. The van der Waals surface area contributed by atoms with Gasteiger partial charge in [0.05, 0.1) is 12.4 Å². The molecule has 0 spiro atoms. The summed E-state index contributed by atoms with van der Waals surface area (Å²) in [4.78, 5) is 19.6. The highest BCUT2D eigenvalue weighted by atomic mass is 19.4. The van der Waals surface area contributed by atoms with Crippen molar-refractivity contribution >= 4 is 12.2 Å².